The quantitative estimate of drug-likeness (QED) is 0.141. The fourth-order valence-corrected chi connectivity index (χ4v) is 9.42. The summed E-state index contributed by atoms with van der Waals surface area (Å²) < 4.78 is 21.5. The summed E-state index contributed by atoms with van der Waals surface area (Å²) in [6, 6.07) is 29.0. The van der Waals surface area contributed by atoms with Gasteiger partial charge in [-0.15, -0.1) is 12.4 Å². The molecule has 8 nitrogen and oxygen atoms in total. The number of benzene rings is 4. The highest BCUT2D eigenvalue weighted by atomic mass is 35.5. The number of likely N-dealkylation sites (tertiary alicyclic amines) is 2. The van der Waals surface area contributed by atoms with Crippen LogP contribution in [0.4, 0.5) is 0 Å². The number of hydrogen-bond acceptors (Lipinski definition) is 8. The third-order valence-electron chi connectivity index (χ3n) is 12.6. The molecule has 0 N–H and O–H groups in total. The zero-order valence-electron chi connectivity index (χ0n) is 34.0. The number of rotatable bonds is 12. The van der Waals surface area contributed by atoms with E-state index in [9.17, 15) is 9.59 Å². The minimum atomic E-state index is 0. The summed E-state index contributed by atoms with van der Waals surface area (Å²) in [5, 5.41) is 0. The van der Waals surface area contributed by atoms with E-state index in [1.807, 2.05) is 24.3 Å². The standard InChI is InChI=1S/2C24H29NO3.ClH/c2*1-27-22-14-19-13-20(24(26)21(19)15-23(22)28-2)12-17-8-10-25(11-9-17)16-18-6-4-3-5-7-18;/h2*3-7,14-15,17,20H,8-13,16H2,1-2H3;1H. The number of carbonyl (C=O) groups is 2. The summed E-state index contributed by atoms with van der Waals surface area (Å²) in [5.74, 6) is 4.76. The minimum Gasteiger partial charge on any atom is -0.493 e. The molecule has 0 aromatic heterocycles. The van der Waals surface area contributed by atoms with Crippen molar-refractivity contribution in [3.63, 3.8) is 0 Å². The Morgan fingerprint density at radius 3 is 1.18 bits per heavy atom. The number of methoxy groups -OCH3 is 4. The third-order valence-corrected chi connectivity index (χ3v) is 12.6. The number of fused-ring (bicyclic) bond motifs is 2. The molecule has 4 aromatic carbocycles. The van der Waals surface area contributed by atoms with Crippen LogP contribution in [0.15, 0.2) is 84.9 Å². The first kappa shape index (κ1) is 42.2. The van der Waals surface area contributed by atoms with Crippen molar-refractivity contribution in [3.8, 4) is 23.0 Å². The zero-order chi connectivity index (χ0) is 39.0. The molecular weight excluding hydrogens is 736 g/mol. The molecule has 4 aromatic rings. The minimum absolute atomic E-state index is 0. The molecule has 0 spiro atoms. The number of piperidine rings is 2. The molecule has 2 atom stereocenters. The van der Waals surface area contributed by atoms with E-state index >= 15 is 0 Å². The van der Waals surface area contributed by atoms with Crippen LogP contribution in [-0.4, -0.2) is 76.0 Å². The Hall–Kier alpha value is -4.37. The van der Waals surface area contributed by atoms with Gasteiger partial charge in [-0.25, -0.2) is 0 Å². The maximum absolute atomic E-state index is 12.9. The smallest absolute Gasteiger partial charge is 0.166 e. The van der Waals surface area contributed by atoms with Crippen molar-refractivity contribution in [3.05, 3.63) is 118 Å². The molecule has 2 saturated heterocycles. The van der Waals surface area contributed by atoms with E-state index in [1.165, 1.54) is 36.8 Å². The molecular formula is C48H59ClN2O6. The molecule has 2 fully saturated rings. The van der Waals surface area contributed by atoms with Crippen molar-refractivity contribution in [2.24, 2.45) is 23.7 Å². The Morgan fingerprint density at radius 1 is 0.509 bits per heavy atom. The summed E-state index contributed by atoms with van der Waals surface area (Å²) in [6.45, 7) is 6.54. The predicted octanol–water partition coefficient (Wildman–Crippen LogP) is 9.14. The fraction of sp³-hybridized carbons (Fsp3) is 0.458. The largest absolute Gasteiger partial charge is 0.493 e. The molecule has 0 amide bonds. The molecule has 2 unspecified atom stereocenters. The van der Waals surface area contributed by atoms with Crippen molar-refractivity contribution in [1.82, 2.24) is 9.80 Å². The van der Waals surface area contributed by atoms with Gasteiger partial charge in [0.15, 0.2) is 34.6 Å². The van der Waals surface area contributed by atoms with E-state index in [2.05, 4.69) is 70.5 Å². The summed E-state index contributed by atoms with van der Waals surface area (Å²) in [4.78, 5) is 30.9. The van der Waals surface area contributed by atoms with Gasteiger partial charge in [-0.05, 0) is 136 Å². The van der Waals surface area contributed by atoms with Crippen LogP contribution in [0.1, 0.15) is 81.5 Å². The normalized spacial score (nSPS) is 19.9. The zero-order valence-corrected chi connectivity index (χ0v) is 34.9. The molecule has 2 heterocycles. The SMILES string of the molecule is COc1cc2c(cc1OC)C(=O)C(CC1CCN(Cc3ccccc3)CC1)C2.COc1cc2c(cc1OC)C(=O)C(CC1CCN(Cc3ccccc3)CC1)C2.Cl. The number of hydrogen-bond donors (Lipinski definition) is 0. The maximum atomic E-state index is 12.9. The monoisotopic (exact) mass is 794 g/mol. The van der Waals surface area contributed by atoms with Crippen molar-refractivity contribution < 1.29 is 28.5 Å². The van der Waals surface area contributed by atoms with Gasteiger partial charge >= 0.3 is 0 Å². The number of carbonyl (C=O) groups excluding carboxylic acids is 2. The third kappa shape index (κ3) is 10.2. The van der Waals surface area contributed by atoms with E-state index in [1.54, 1.807) is 28.4 Å². The molecule has 57 heavy (non-hydrogen) atoms. The van der Waals surface area contributed by atoms with Gasteiger partial charge in [0.1, 0.15) is 0 Å². The van der Waals surface area contributed by atoms with Gasteiger partial charge in [0.05, 0.1) is 28.4 Å². The summed E-state index contributed by atoms with van der Waals surface area (Å²) in [6.07, 6.45) is 8.38. The van der Waals surface area contributed by atoms with Crippen LogP contribution in [0.3, 0.4) is 0 Å². The van der Waals surface area contributed by atoms with Gasteiger partial charge in [0, 0.05) is 36.1 Å². The van der Waals surface area contributed by atoms with Crippen LogP contribution in [0, 0.1) is 23.7 Å². The Kier molecular flexibility index (Phi) is 14.7. The Balaban J connectivity index is 0.000000189. The highest BCUT2D eigenvalue weighted by Crippen LogP contribution is 2.41. The number of Topliss-reactive ketones (excluding diaryl/α,β-unsaturated/α-hetero) is 2. The first-order valence-electron chi connectivity index (χ1n) is 20.5. The first-order valence-corrected chi connectivity index (χ1v) is 20.5. The average Bonchev–Trinajstić information content (AvgIpc) is 3.71. The van der Waals surface area contributed by atoms with E-state index in [4.69, 9.17) is 18.9 Å². The summed E-state index contributed by atoms with van der Waals surface area (Å²) in [5.41, 5.74) is 6.62. The first-order chi connectivity index (χ1) is 27.3. The number of ketones is 2. The van der Waals surface area contributed by atoms with Crippen LogP contribution in [-0.2, 0) is 25.9 Å². The summed E-state index contributed by atoms with van der Waals surface area (Å²) in [7, 11) is 6.51. The Morgan fingerprint density at radius 2 is 0.842 bits per heavy atom. The van der Waals surface area contributed by atoms with Gasteiger partial charge in [0.2, 0.25) is 0 Å². The van der Waals surface area contributed by atoms with Crippen molar-refractivity contribution >= 4 is 24.0 Å². The van der Waals surface area contributed by atoms with Crippen LogP contribution in [0.25, 0.3) is 0 Å². The van der Waals surface area contributed by atoms with Gasteiger partial charge < -0.3 is 18.9 Å². The number of halogens is 1. The molecule has 0 bridgehead atoms. The van der Waals surface area contributed by atoms with Crippen LogP contribution < -0.4 is 18.9 Å². The van der Waals surface area contributed by atoms with Crippen molar-refractivity contribution in [2.75, 3.05) is 54.6 Å². The van der Waals surface area contributed by atoms with E-state index in [0.29, 0.717) is 34.8 Å². The van der Waals surface area contributed by atoms with E-state index in [-0.39, 0.29) is 35.8 Å². The van der Waals surface area contributed by atoms with Gasteiger partial charge in [-0.3, -0.25) is 19.4 Å². The lowest BCUT2D eigenvalue weighted by Gasteiger charge is -2.32. The highest BCUT2D eigenvalue weighted by molar-refractivity contribution is 6.03. The van der Waals surface area contributed by atoms with Crippen molar-refractivity contribution in [1.29, 1.82) is 0 Å². The molecule has 0 radical (unpaired) electrons. The summed E-state index contributed by atoms with van der Waals surface area (Å²) >= 11 is 0. The molecule has 4 aliphatic rings. The molecule has 9 heteroatoms. The Labute approximate surface area is 345 Å². The maximum Gasteiger partial charge on any atom is 0.166 e. The van der Waals surface area contributed by atoms with Gasteiger partial charge in [-0.1, -0.05) is 60.7 Å². The number of ether oxygens (including phenoxy) is 4. The molecule has 8 rings (SSSR count). The lowest BCUT2D eigenvalue weighted by Crippen LogP contribution is -2.34. The molecule has 304 valence electrons. The second kappa shape index (κ2) is 19.9. The predicted molar refractivity (Wildman–Crippen MR) is 228 cm³/mol. The molecule has 2 aliphatic carbocycles. The average molecular weight is 795 g/mol. The second-order valence-corrected chi connectivity index (χ2v) is 16.1. The van der Waals surface area contributed by atoms with Crippen LogP contribution in [0.2, 0.25) is 0 Å². The lowest BCUT2D eigenvalue weighted by atomic mass is 9.85. The second-order valence-electron chi connectivity index (χ2n) is 16.1. The lowest BCUT2D eigenvalue weighted by molar-refractivity contribution is 0.0889. The van der Waals surface area contributed by atoms with Crippen LogP contribution >= 0.6 is 12.4 Å². The topological polar surface area (TPSA) is 77.5 Å². The molecule has 0 saturated carbocycles. The van der Waals surface area contributed by atoms with Crippen LogP contribution in [0.5, 0.6) is 23.0 Å². The van der Waals surface area contributed by atoms with Gasteiger partial charge in [-0.2, -0.15) is 0 Å². The van der Waals surface area contributed by atoms with E-state index < -0.39 is 0 Å². The highest BCUT2D eigenvalue weighted by Gasteiger charge is 2.36. The van der Waals surface area contributed by atoms with Crippen molar-refractivity contribution in [2.45, 2.75) is 64.5 Å². The fourth-order valence-electron chi connectivity index (χ4n) is 9.42. The van der Waals surface area contributed by atoms with E-state index in [0.717, 1.165) is 87.2 Å². The number of nitrogens with zero attached hydrogens (tertiary/aromatic N) is 2. The Bertz CT molecular complexity index is 1800. The van der Waals surface area contributed by atoms with Gasteiger partial charge in [0.25, 0.3) is 0 Å². The molecule has 2 aliphatic heterocycles.